The first-order valence-electron chi connectivity index (χ1n) is 5.34. The van der Waals surface area contributed by atoms with E-state index in [4.69, 9.17) is 0 Å². The topological polar surface area (TPSA) is 42.7 Å². The van der Waals surface area contributed by atoms with E-state index in [0.29, 0.717) is 0 Å². The van der Waals surface area contributed by atoms with Crippen molar-refractivity contribution in [2.75, 3.05) is 7.05 Å². The predicted molar refractivity (Wildman–Crippen MR) is 63.1 cm³/mol. The Kier molecular flexibility index (Phi) is 3.31. The van der Waals surface area contributed by atoms with Crippen LogP contribution < -0.4 is 5.32 Å². The lowest BCUT2D eigenvalue weighted by atomic mass is 10.1. The van der Waals surface area contributed by atoms with Crippen LogP contribution in [0.4, 0.5) is 0 Å². The fraction of sp³-hybridized carbons (Fsp3) is 0.333. The van der Waals surface area contributed by atoms with Gasteiger partial charge in [0.1, 0.15) is 0 Å². The molecule has 2 aromatic rings. The van der Waals surface area contributed by atoms with Gasteiger partial charge in [0, 0.05) is 25.1 Å². The van der Waals surface area contributed by atoms with E-state index in [-0.39, 0.29) is 0 Å². The van der Waals surface area contributed by atoms with Crippen molar-refractivity contribution < 1.29 is 0 Å². The molecule has 16 heavy (non-hydrogen) atoms. The Morgan fingerprint density at radius 2 is 2.19 bits per heavy atom. The summed E-state index contributed by atoms with van der Waals surface area (Å²) >= 11 is 0. The Morgan fingerprint density at radius 3 is 2.94 bits per heavy atom. The summed E-state index contributed by atoms with van der Waals surface area (Å²) in [6.45, 7) is 3.77. The Labute approximate surface area is 95.4 Å². The minimum Gasteiger partial charge on any atom is -0.329 e. The highest BCUT2D eigenvalue weighted by Gasteiger charge is 2.03. The summed E-state index contributed by atoms with van der Waals surface area (Å²) < 4.78 is 2.14. The molecular formula is C12H16N4. The van der Waals surface area contributed by atoms with Crippen LogP contribution in [-0.2, 0) is 13.1 Å². The highest BCUT2D eigenvalue weighted by Crippen LogP contribution is 2.09. The van der Waals surface area contributed by atoms with Crippen molar-refractivity contribution in [1.29, 1.82) is 0 Å². The Balaban J connectivity index is 2.20. The summed E-state index contributed by atoms with van der Waals surface area (Å²) in [5.41, 5.74) is 3.68. The van der Waals surface area contributed by atoms with Gasteiger partial charge in [-0.05, 0) is 31.2 Å². The van der Waals surface area contributed by atoms with E-state index < -0.39 is 0 Å². The molecule has 0 saturated carbocycles. The van der Waals surface area contributed by atoms with Gasteiger partial charge in [-0.3, -0.25) is 4.98 Å². The van der Waals surface area contributed by atoms with Crippen molar-refractivity contribution >= 4 is 0 Å². The molecule has 84 valence electrons. The minimum atomic E-state index is 0.830. The van der Waals surface area contributed by atoms with Crippen LogP contribution in [0.25, 0.3) is 0 Å². The molecule has 0 atom stereocenters. The minimum absolute atomic E-state index is 0.830. The molecule has 0 fully saturated rings. The molecule has 0 aliphatic heterocycles. The summed E-state index contributed by atoms with van der Waals surface area (Å²) in [6, 6.07) is 2.03. The van der Waals surface area contributed by atoms with Crippen molar-refractivity contribution in [3.8, 4) is 0 Å². The third-order valence-electron chi connectivity index (χ3n) is 2.64. The van der Waals surface area contributed by atoms with E-state index in [1.54, 1.807) is 0 Å². The third-order valence-corrected chi connectivity index (χ3v) is 2.64. The molecule has 2 heterocycles. The van der Waals surface area contributed by atoms with Gasteiger partial charge in [0.2, 0.25) is 0 Å². The second-order valence-electron chi connectivity index (χ2n) is 3.85. The van der Waals surface area contributed by atoms with E-state index >= 15 is 0 Å². The maximum absolute atomic E-state index is 4.17. The molecule has 0 saturated heterocycles. The van der Waals surface area contributed by atoms with Crippen molar-refractivity contribution in [2.24, 2.45) is 0 Å². The maximum atomic E-state index is 4.17. The monoisotopic (exact) mass is 216 g/mol. The van der Waals surface area contributed by atoms with Gasteiger partial charge in [-0.1, -0.05) is 0 Å². The van der Waals surface area contributed by atoms with E-state index in [1.807, 2.05) is 38.0 Å². The number of pyridine rings is 1. The summed E-state index contributed by atoms with van der Waals surface area (Å²) in [4.78, 5) is 8.32. The number of hydrogen-bond acceptors (Lipinski definition) is 3. The average Bonchev–Trinajstić information content (AvgIpc) is 2.70. The van der Waals surface area contributed by atoms with Gasteiger partial charge in [0.15, 0.2) is 0 Å². The first-order chi connectivity index (χ1) is 7.81. The quantitative estimate of drug-likeness (QED) is 0.839. The van der Waals surface area contributed by atoms with Crippen LogP contribution in [-0.4, -0.2) is 21.6 Å². The molecule has 1 N–H and O–H groups in total. The summed E-state index contributed by atoms with van der Waals surface area (Å²) in [5, 5.41) is 3.13. The van der Waals surface area contributed by atoms with Crippen LogP contribution in [0.15, 0.2) is 31.0 Å². The number of nitrogens with one attached hydrogen (secondary N) is 1. The van der Waals surface area contributed by atoms with Gasteiger partial charge >= 0.3 is 0 Å². The summed E-state index contributed by atoms with van der Waals surface area (Å²) in [6.07, 6.45) is 7.49. The zero-order chi connectivity index (χ0) is 11.4. The van der Waals surface area contributed by atoms with Crippen LogP contribution in [0.5, 0.6) is 0 Å². The summed E-state index contributed by atoms with van der Waals surface area (Å²) in [7, 11) is 1.94. The number of hydrogen-bond donors (Lipinski definition) is 1. The van der Waals surface area contributed by atoms with Crippen molar-refractivity contribution in [1.82, 2.24) is 19.9 Å². The molecular weight excluding hydrogens is 200 g/mol. The number of nitrogens with zero attached hydrogens (tertiary/aromatic N) is 3. The largest absolute Gasteiger partial charge is 0.329 e. The highest BCUT2D eigenvalue weighted by molar-refractivity contribution is 5.22. The highest BCUT2D eigenvalue weighted by atomic mass is 15.1. The fourth-order valence-corrected chi connectivity index (χ4v) is 1.66. The number of imidazole rings is 1. The van der Waals surface area contributed by atoms with Crippen LogP contribution in [0.3, 0.4) is 0 Å². The van der Waals surface area contributed by atoms with Gasteiger partial charge in [-0.25, -0.2) is 4.98 Å². The lowest BCUT2D eigenvalue weighted by Crippen LogP contribution is -2.11. The van der Waals surface area contributed by atoms with Crippen molar-refractivity contribution in [2.45, 2.75) is 20.0 Å². The van der Waals surface area contributed by atoms with Gasteiger partial charge in [0.25, 0.3) is 0 Å². The molecule has 2 aromatic heterocycles. The molecule has 0 unspecified atom stereocenters. The van der Waals surface area contributed by atoms with E-state index in [0.717, 1.165) is 13.1 Å². The van der Waals surface area contributed by atoms with Crippen molar-refractivity contribution in [3.05, 3.63) is 47.8 Å². The second-order valence-corrected chi connectivity index (χ2v) is 3.85. The molecule has 4 nitrogen and oxygen atoms in total. The lowest BCUT2D eigenvalue weighted by molar-refractivity contribution is 0.689. The zero-order valence-electron chi connectivity index (χ0n) is 9.64. The Morgan fingerprint density at radius 1 is 1.31 bits per heavy atom. The normalized spacial score (nSPS) is 10.6. The van der Waals surface area contributed by atoms with E-state index in [9.17, 15) is 0 Å². The molecule has 0 spiro atoms. The van der Waals surface area contributed by atoms with E-state index in [1.165, 1.54) is 16.8 Å². The number of aromatic nitrogens is 3. The van der Waals surface area contributed by atoms with E-state index in [2.05, 4.69) is 26.8 Å². The average molecular weight is 216 g/mol. The molecule has 0 aromatic carbocycles. The first-order valence-corrected chi connectivity index (χ1v) is 5.34. The molecule has 4 heteroatoms. The Bertz CT molecular complexity index is 462. The maximum Gasteiger partial charge on any atom is 0.0951 e. The number of rotatable bonds is 4. The Hall–Kier alpha value is -1.68. The van der Waals surface area contributed by atoms with Gasteiger partial charge < -0.3 is 9.88 Å². The second kappa shape index (κ2) is 4.90. The predicted octanol–water partition coefficient (Wildman–Crippen LogP) is 1.35. The van der Waals surface area contributed by atoms with Gasteiger partial charge in [-0.15, -0.1) is 0 Å². The standard InChI is InChI=1S/C12H16N4/c1-10-3-4-14-5-11(10)8-16-9-15-7-12(16)6-13-2/h3-5,7,9,13H,6,8H2,1-2H3. The molecule has 0 bridgehead atoms. The first kappa shape index (κ1) is 10.8. The molecule has 0 aliphatic rings. The smallest absolute Gasteiger partial charge is 0.0951 e. The van der Waals surface area contributed by atoms with Crippen LogP contribution in [0.2, 0.25) is 0 Å². The van der Waals surface area contributed by atoms with Gasteiger partial charge in [0.05, 0.1) is 18.6 Å². The zero-order valence-corrected chi connectivity index (χ0v) is 9.64. The fourth-order valence-electron chi connectivity index (χ4n) is 1.66. The molecule has 0 aliphatic carbocycles. The van der Waals surface area contributed by atoms with Crippen LogP contribution in [0, 0.1) is 6.92 Å². The molecule has 2 rings (SSSR count). The van der Waals surface area contributed by atoms with Crippen LogP contribution in [0.1, 0.15) is 16.8 Å². The summed E-state index contributed by atoms with van der Waals surface area (Å²) in [5.74, 6) is 0. The third kappa shape index (κ3) is 2.28. The van der Waals surface area contributed by atoms with Crippen molar-refractivity contribution in [3.63, 3.8) is 0 Å². The lowest BCUT2D eigenvalue weighted by Gasteiger charge is -2.09. The SMILES string of the molecule is CNCc1cncn1Cc1cnccc1C. The molecule has 0 radical (unpaired) electrons. The number of aryl methyl sites for hydroxylation is 1. The molecule has 0 amide bonds. The van der Waals surface area contributed by atoms with Gasteiger partial charge in [-0.2, -0.15) is 0 Å². The van der Waals surface area contributed by atoms with Crippen LogP contribution >= 0.6 is 0 Å².